The second kappa shape index (κ2) is 35.9. The van der Waals surface area contributed by atoms with Crippen LogP contribution in [0, 0.1) is 12.0 Å². The van der Waals surface area contributed by atoms with E-state index in [0.29, 0.717) is 96.9 Å². The van der Waals surface area contributed by atoms with Crippen LogP contribution in [0.4, 0.5) is 26.9 Å². The zero-order chi connectivity index (χ0) is 70.6. The van der Waals surface area contributed by atoms with E-state index in [4.69, 9.17) is 43.6 Å². The summed E-state index contributed by atoms with van der Waals surface area (Å²) < 4.78 is 121. The lowest BCUT2D eigenvalue weighted by Crippen LogP contribution is -2.30. The van der Waals surface area contributed by atoms with Gasteiger partial charge in [-0.25, -0.2) is 14.9 Å². The van der Waals surface area contributed by atoms with Gasteiger partial charge in [0.05, 0.1) is 66.5 Å². The van der Waals surface area contributed by atoms with Gasteiger partial charge in [-0.3, -0.25) is 23.7 Å². The number of carbonyl (C=O) groups is 3. The molecule has 97 heavy (non-hydrogen) atoms. The SMILES string of the molecule is CCN1\C(=C/C=C/C=C/C2=[N+](CCCCCC(=O)NCCOCCOCCNC(=O)OCCC(C)(C)SSCOCCCCOC(=O)NC#Cc3cn(C4CCC(CO[P+](=O)O)O4)c4nc(N)[nH]c(=O)c34)c3ccc(S(=O)(=O)O)cc3C2(C)C)C(C)(C)c2cc(S(=O)(=O)O)ccc21. The predicted molar refractivity (Wildman–Crippen MR) is 369 cm³/mol. The van der Waals surface area contributed by atoms with Gasteiger partial charge in [0.1, 0.15) is 30.7 Å². The van der Waals surface area contributed by atoms with Crippen molar-refractivity contribution in [3.05, 3.63) is 106 Å². The van der Waals surface area contributed by atoms with Gasteiger partial charge < -0.3 is 54.3 Å². The lowest BCUT2D eigenvalue weighted by molar-refractivity contribution is -0.438. The third-order valence-corrected chi connectivity index (χ3v) is 21.3. The van der Waals surface area contributed by atoms with E-state index in [0.717, 1.165) is 46.8 Å². The molecule has 33 heteroatoms. The molecule has 9 N–H and O–H groups in total. The average Bonchev–Trinajstić information content (AvgIpc) is 1.61. The highest BCUT2D eigenvalue weighted by Crippen LogP contribution is 2.49. The van der Waals surface area contributed by atoms with Crippen molar-refractivity contribution < 1.29 is 87.3 Å². The molecule has 3 aliphatic rings. The fraction of sp³-hybridized carbons (Fsp3) is 0.531. The number of amides is 3. The van der Waals surface area contributed by atoms with Gasteiger partial charge in [-0.05, 0) is 127 Å². The zero-order valence-corrected chi connectivity index (χ0v) is 59.6. The van der Waals surface area contributed by atoms with Gasteiger partial charge in [0.2, 0.25) is 17.5 Å². The topological polar surface area (TPSA) is 381 Å². The summed E-state index contributed by atoms with van der Waals surface area (Å²) in [4.78, 5) is 67.6. The number of nitrogens with two attached hydrogens (primary N) is 1. The first-order valence-corrected chi connectivity index (χ1v) is 38.1. The molecule has 1 saturated heterocycles. The van der Waals surface area contributed by atoms with Crippen molar-refractivity contribution >= 4 is 102 Å². The number of hydrogen-bond donors (Lipinski definition) is 8. The van der Waals surface area contributed by atoms with Crippen molar-refractivity contribution in [2.24, 2.45) is 0 Å². The van der Waals surface area contributed by atoms with Crippen molar-refractivity contribution in [2.45, 2.75) is 144 Å². The van der Waals surface area contributed by atoms with Gasteiger partial charge in [-0.15, -0.1) is 9.42 Å². The van der Waals surface area contributed by atoms with Crippen molar-refractivity contribution in [1.82, 2.24) is 30.5 Å². The Kier molecular flexibility index (Phi) is 28.7. The minimum atomic E-state index is -4.45. The van der Waals surface area contributed by atoms with E-state index in [1.165, 1.54) is 35.1 Å². The number of anilines is 2. The van der Waals surface area contributed by atoms with Crippen LogP contribution in [-0.4, -0.2) is 170 Å². The summed E-state index contributed by atoms with van der Waals surface area (Å²) >= 11 is 0. The average molecular weight is 1450 g/mol. The minimum absolute atomic E-state index is 0.0801. The van der Waals surface area contributed by atoms with Crippen LogP contribution in [-0.2, 0) is 73.4 Å². The zero-order valence-electron chi connectivity index (χ0n) is 55.5. The first kappa shape index (κ1) is 77.6. The Hall–Kier alpha value is -6.70. The number of nitrogens with zero attached hydrogens (tertiary/aromatic N) is 4. The van der Waals surface area contributed by atoms with Gasteiger partial charge in [0.25, 0.3) is 25.8 Å². The molecule has 2 aromatic carbocycles. The molecule has 0 spiro atoms. The summed E-state index contributed by atoms with van der Waals surface area (Å²) in [6, 6.07) is 11.8. The van der Waals surface area contributed by atoms with Gasteiger partial charge in [0.15, 0.2) is 11.4 Å². The van der Waals surface area contributed by atoms with E-state index in [2.05, 4.69) is 47.4 Å². The van der Waals surface area contributed by atoms with Gasteiger partial charge in [-0.2, -0.15) is 26.4 Å². The van der Waals surface area contributed by atoms with Crippen LogP contribution < -0.4 is 32.1 Å². The Morgan fingerprint density at radius 3 is 2.27 bits per heavy atom. The lowest BCUT2D eigenvalue weighted by Gasteiger charge is -2.25. The van der Waals surface area contributed by atoms with Crippen LogP contribution in [0.1, 0.15) is 129 Å². The Balaban J connectivity index is 0.692. The summed E-state index contributed by atoms with van der Waals surface area (Å²) in [6.45, 7) is 17.8. The molecular formula is C64H88N9O19PS4+2. The number of likely N-dealkylation sites (N-methyl/N-ethyl adjacent to an activating group) is 1. The summed E-state index contributed by atoms with van der Waals surface area (Å²) in [6.07, 6.45) is 14.2. The highest BCUT2D eigenvalue weighted by atomic mass is 33.1. The molecule has 0 bridgehead atoms. The molecule has 0 radical (unpaired) electrons. The number of ether oxygens (including phenoxy) is 6. The number of hydrogen-bond acceptors (Lipinski definition) is 21. The lowest BCUT2D eigenvalue weighted by atomic mass is 9.81. The van der Waals surface area contributed by atoms with E-state index in [1.54, 1.807) is 33.7 Å². The fourth-order valence-corrected chi connectivity index (χ4v) is 14.8. The molecule has 2 aromatic heterocycles. The van der Waals surface area contributed by atoms with Crippen molar-refractivity contribution in [3.63, 3.8) is 0 Å². The number of benzene rings is 2. The summed E-state index contributed by atoms with van der Waals surface area (Å²) in [7, 11) is -8.46. The fourth-order valence-electron chi connectivity index (χ4n) is 11.3. The van der Waals surface area contributed by atoms with E-state index in [9.17, 15) is 49.7 Å². The van der Waals surface area contributed by atoms with E-state index in [1.807, 2.05) is 78.8 Å². The Labute approximate surface area is 574 Å². The van der Waals surface area contributed by atoms with E-state index < -0.39 is 69.4 Å². The smallest absolute Gasteiger partial charge is 0.450 e. The molecule has 5 heterocycles. The second-order valence-corrected chi connectivity index (χ2v) is 31.0. The number of aromatic amines is 1. The maximum Gasteiger partial charge on any atom is 0.694 e. The molecule has 7 rings (SSSR count). The molecule has 1 fully saturated rings. The monoisotopic (exact) mass is 1450 g/mol. The number of allylic oxidation sites excluding steroid dienone is 6. The quantitative estimate of drug-likeness (QED) is 0.00240. The van der Waals surface area contributed by atoms with Gasteiger partial charge in [0, 0.05) is 95.1 Å². The predicted octanol–water partition coefficient (Wildman–Crippen LogP) is 8.81. The number of nitrogens with one attached hydrogen (secondary N) is 4. The first-order chi connectivity index (χ1) is 46.0. The van der Waals surface area contributed by atoms with Crippen molar-refractivity contribution in [3.8, 4) is 12.0 Å². The summed E-state index contributed by atoms with van der Waals surface area (Å²) in [5, 5.41) is 8.05. The highest BCUT2D eigenvalue weighted by molar-refractivity contribution is 8.77. The molecule has 4 aromatic rings. The normalized spacial score (nSPS) is 17.2. The molecule has 3 atom stereocenters. The summed E-state index contributed by atoms with van der Waals surface area (Å²) in [5.74, 6) is 2.98. The van der Waals surface area contributed by atoms with Crippen molar-refractivity contribution in [1.29, 1.82) is 0 Å². The highest BCUT2D eigenvalue weighted by Gasteiger charge is 2.45. The molecular weight excluding hydrogens is 1360 g/mol. The number of nitrogen functional groups attached to an aromatic ring is 1. The molecule has 3 amide bonds. The standard InChI is InChI=1S/C64H86N9O19PS4/c1-8-71-50-23-21-46(96(80,81)82)39-48(50)63(4,5)52(71)17-11-9-12-18-53-64(6,7)49-40-47(97(83,84)85)22-24-51(49)72(53)31-14-10-13-19-54(74)66-29-35-86-37-38-87-36-30-68-61(77)90-34-27-62(2,3)95-94-43-88-32-15-16-33-89-60(76)67-28-26-44-41-73(57-56(44)58(75)70-59(65)69-57)55-25-20-45(92-55)42-91-93(78)79/h9,11-12,17-18,21-24,39-41,45,55H,8,10,13-16,19-20,25,27,29-38,42-43H2,1-7H3,(H7-2,65,66,67,68,69,70,74,75,76,77,78,79,80,81,82,83,84,85)/p+2. The maximum absolute atomic E-state index is 12.8. The molecule has 0 saturated carbocycles. The Morgan fingerprint density at radius 1 is 0.866 bits per heavy atom. The molecule has 0 aliphatic carbocycles. The van der Waals surface area contributed by atoms with Gasteiger partial charge in [-0.1, -0.05) is 53.7 Å². The minimum Gasteiger partial charge on any atom is -0.450 e. The number of unbranched alkanes of at least 4 members (excludes halogenated alkanes) is 3. The number of alkyl carbamates (subject to hydrolysis) is 2. The maximum atomic E-state index is 12.8. The Morgan fingerprint density at radius 2 is 1.56 bits per heavy atom. The molecule has 3 aliphatic heterocycles. The second-order valence-electron chi connectivity index (χ2n) is 24.5. The van der Waals surface area contributed by atoms with E-state index in [-0.39, 0.29) is 76.0 Å². The van der Waals surface area contributed by atoms with Gasteiger partial charge >= 0.3 is 20.4 Å². The van der Waals surface area contributed by atoms with Crippen LogP contribution in [0.2, 0.25) is 0 Å². The van der Waals surface area contributed by atoms with E-state index >= 15 is 0 Å². The van der Waals surface area contributed by atoms with Crippen LogP contribution in [0.15, 0.2) is 93.3 Å². The van der Waals surface area contributed by atoms with Crippen LogP contribution in [0.5, 0.6) is 0 Å². The number of aromatic nitrogens is 3. The van der Waals surface area contributed by atoms with Crippen molar-refractivity contribution in [2.75, 3.05) is 95.6 Å². The first-order valence-electron chi connectivity index (χ1n) is 31.7. The number of carbonyl (C=O) groups excluding carboxylic acids is 3. The Bertz CT molecular complexity index is 3950. The number of rotatable bonds is 37. The molecule has 28 nitrogen and oxygen atoms in total. The molecule has 530 valence electrons. The van der Waals surface area contributed by atoms with Crippen LogP contribution in [0.25, 0.3) is 11.0 Å². The molecule has 3 unspecified atom stereocenters. The third kappa shape index (κ3) is 22.4. The number of H-pyrrole nitrogens is 1. The van der Waals surface area contributed by atoms with Crippen LogP contribution in [0.3, 0.4) is 0 Å². The largest absolute Gasteiger partial charge is 0.694 e. The number of fused-ring (bicyclic) bond motifs is 3. The van der Waals surface area contributed by atoms with Crippen LogP contribution >= 0.6 is 29.8 Å². The third-order valence-electron chi connectivity index (χ3n) is 16.2. The summed E-state index contributed by atoms with van der Waals surface area (Å²) in [5.41, 5.74) is 9.65.